The Bertz CT molecular complexity index is 651. The van der Waals surface area contributed by atoms with E-state index in [9.17, 15) is 0 Å². The van der Waals surface area contributed by atoms with Gasteiger partial charge in [-0.1, -0.05) is 11.6 Å². The minimum atomic E-state index is 0.407. The van der Waals surface area contributed by atoms with Crippen molar-refractivity contribution in [2.24, 2.45) is 0 Å². The summed E-state index contributed by atoms with van der Waals surface area (Å²) in [5.74, 6) is 1.38. The number of ether oxygens (including phenoxy) is 1. The van der Waals surface area contributed by atoms with Crippen molar-refractivity contribution in [2.45, 2.75) is 13.0 Å². The first-order valence-electron chi connectivity index (χ1n) is 6.54. The fourth-order valence-electron chi connectivity index (χ4n) is 2.48. The van der Waals surface area contributed by atoms with E-state index in [4.69, 9.17) is 16.3 Å². The standard InChI is InChI=1S/C13H15ClN6O/c1-15-10-11(14)17-7-18-12(10)20-4-3-9-8(5-20)13(21-2)19-6-16-9/h6-7,15H,3-5H2,1-2H3. The Labute approximate surface area is 127 Å². The van der Waals surface area contributed by atoms with Gasteiger partial charge in [-0.25, -0.2) is 19.9 Å². The Morgan fingerprint density at radius 3 is 2.81 bits per heavy atom. The number of fused-ring (bicyclic) bond motifs is 1. The Morgan fingerprint density at radius 2 is 2.05 bits per heavy atom. The molecule has 110 valence electrons. The molecule has 3 rings (SSSR count). The van der Waals surface area contributed by atoms with Crippen LogP contribution in [-0.2, 0) is 13.0 Å². The normalized spacial score (nSPS) is 13.8. The topological polar surface area (TPSA) is 76.1 Å². The van der Waals surface area contributed by atoms with Crippen molar-refractivity contribution in [1.82, 2.24) is 19.9 Å². The second-order valence-electron chi connectivity index (χ2n) is 4.59. The number of anilines is 2. The van der Waals surface area contributed by atoms with E-state index >= 15 is 0 Å². The zero-order chi connectivity index (χ0) is 14.8. The predicted octanol–water partition coefficient (Wildman–Crippen LogP) is 1.53. The molecule has 21 heavy (non-hydrogen) atoms. The molecular weight excluding hydrogens is 292 g/mol. The highest BCUT2D eigenvalue weighted by Gasteiger charge is 2.24. The van der Waals surface area contributed by atoms with E-state index < -0.39 is 0 Å². The van der Waals surface area contributed by atoms with Crippen molar-refractivity contribution in [1.29, 1.82) is 0 Å². The molecule has 0 atom stereocenters. The van der Waals surface area contributed by atoms with Gasteiger partial charge in [0.2, 0.25) is 5.88 Å². The molecule has 2 aromatic heterocycles. The highest BCUT2D eigenvalue weighted by atomic mass is 35.5. The van der Waals surface area contributed by atoms with Gasteiger partial charge in [0.05, 0.1) is 24.9 Å². The highest BCUT2D eigenvalue weighted by Crippen LogP contribution is 2.33. The molecule has 7 nitrogen and oxygen atoms in total. The lowest BCUT2D eigenvalue weighted by Gasteiger charge is -2.30. The molecule has 0 saturated carbocycles. The summed E-state index contributed by atoms with van der Waals surface area (Å²) in [5.41, 5.74) is 2.73. The lowest BCUT2D eigenvalue weighted by Crippen LogP contribution is -2.32. The van der Waals surface area contributed by atoms with E-state index in [0.29, 0.717) is 17.6 Å². The van der Waals surface area contributed by atoms with Crippen molar-refractivity contribution < 1.29 is 4.74 Å². The van der Waals surface area contributed by atoms with Crippen LogP contribution in [0.2, 0.25) is 5.15 Å². The molecule has 0 fully saturated rings. The van der Waals surface area contributed by atoms with Crippen LogP contribution in [0.4, 0.5) is 11.5 Å². The number of aromatic nitrogens is 4. The van der Waals surface area contributed by atoms with Crippen LogP contribution in [0, 0.1) is 0 Å². The van der Waals surface area contributed by atoms with Gasteiger partial charge in [0, 0.05) is 20.0 Å². The van der Waals surface area contributed by atoms with E-state index in [1.807, 2.05) is 0 Å². The quantitative estimate of drug-likeness (QED) is 0.862. The SMILES string of the molecule is CNc1c(Cl)ncnc1N1CCc2ncnc(OC)c2C1. The third kappa shape index (κ3) is 2.44. The number of rotatable bonds is 3. The number of halogens is 1. The van der Waals surface area contributed by atoms with Gasteiger partial charge in [-0.15, -0.1) is 0 Å². The zero-order valence-corrected chi connectivity index (χ0v) is 12.6. The molecule has 8 heteroatoms. The Balaban J connectivity index is 1.98. The van der Waals surface area contributed by atoms with Crippen LogP contribution in [0.5, 0.6) is 5.88 Å². The van der Waals surface area contributed by atoms with E-state index in [1.54, 1.807) is 14.2 Å². The fraction of sp³-hybridized carbons (Fsp3) is 0.385. The summed E-state index contributed by atoms with van der Waals surface area (Å²) in [4.78, 5) is 19.0. The second kappa shape index (κ2) is 5.69. The first kappa shape index (κ1) is 13.8. The van der Waals surface area contributed by atoms with Gasteiger partial charge < -0.3 is 15.0 Å². The number of nitrogens with one attached hydrogen (secondary N) is 1. The summed E-state index contributed by atoms with van der Waals surface area (Å²) in [7, 11) is 3.41. The van der Waals surface area contributed by atoms with Crippen LogP contribution in [0.1, 0.15) is 11.3 Å². The van der Waals surface area contributed by atoms with Gasteiger partial charge in [-0.05, 0) is 0 Å². The third-order valence-corrected chi connectivity index (χ3v) is 3.77. The monoisotopic (exact) mass is 306 g/mol. The lowest BCUT2D eigenvalue weighted by atomic mass is 10.1. The largest absolute Gasteiger partial charge is 0.481 e. The van der Waals surface area contributed by atoms with E-state index in [2.05, 4.69) is 30.2 Å². The summed E-state index contributed by atoms with van der Waals surface area (Å²) in [6.45, 7) is 1.43. The van der Waals surface area contributed by atoms with Gasteiger partial charge >= 0.3 is 0 Å². The van der Waals surface area contributed by atoms with Crippen molar-refractivity contribution in [2.75, 3.05) is 30.9 Å². The molecule has 2 aromatic rings. The Kier molecular flexibility index (Phi) is 3.74. The van der Waals surface area contributed by atoms with Gasteiger partial charge in [-0.3, -0.25) is 0 Å². The van der Waals surface area contributed by atoms with Crippen LogP contribution >= 0.6 is 11.6 Å². The van der Waals surface area contributed by atoms with Gasteiger partial charge in [-0.2, -0.15) is 0 Å². The first-order valence-corrected chi connectivity index (χ1v) is 6.92. The average Bonchev–Trinajstić information content (AvgIpc) is 2.53. The zero-order valence-electron chi connectivity index (χ0n) is 11.8. The summed E-state index contributed by atoms with van der Waals surface area (Å²) in [6.07, 6.45) is 3.81. The fourth-order valence-corrected chi connectivity index (χ4v) is 2.71. The van der Waals surface area contributed by atoms with Gasteiger partial charge in [0.15, 0.2) is 11.0 Å². The van der Waals surface area contributed by atoms with Crippen LogP contribution in [0.25, 0.3) is 0 Å². The summed E-state index contributed by atoms with van der Waals surface area (Å²) in [6, 6.07) is 0. The van der Waals surface area contributed by atoms with Crippen molar-refractivity contribution in [3.05, 3.63) is 29.1 Å². The molecule has 3 heterocycles. The van der Waals surface area contributed by atoms with Crippen molar-refractivity contribution in [3.8, 4) is 5.88 Å². The smallest absolute Gasteiger partial charge is 0.221 e. The summed E-state index contributed by atoms with van der Waals surface area (Å²) < 4.78 is 5.32. The van der Waals surface area contributed by atoms with Gasteiger partial charge in [0.25, 0.3) is 0 Å². The second-order valence-corrected chi connectivity index (χ2v) is 4.95. The predicted molar refractivity (Wildman–Crippen MR) is 79.9 cm³/mol. The van der Waals surface area contributed by atoms with Crippen LogP contribution in [0.3, 0.4) is 0 Å². The van der Waals surface area contributed by atoms with E-state index in [1.165, 1.54) is 12.7 Å². The van der Waals surface area contributed by atoms with Crippen LogP contribution < -0.4 is 15.0 Å². The molecule has 0 saturated heterocycles. The average molecular weight is 307 g/mol. The van der Waals surface area contributed by atoms with Crippen LogP contribution in [0.15, 0.2) is 12.7 Å². The number of hydrogen-bond donors (Lipinski definition) is 1. The van der Waals surface area contributed by atoms with E-state index in [-0.39, 0.29) is 0 Å². The first-order chi connectivity index (χ1) is 10.2. The number of hydrogen-bond acceptors (Lipinski definition) is 7. The van der Waals surface area contributed by atoms with E-state index in [0.717, 1.165) is 35.7 Å². The van der Waals surface area contributed by atoms with Gasteiger partial charge in [0.1, 0.15) is 18.3 Å². The molecule has 0 aromatic carbocycles. The minimum absolute atomic E-state index is 0.407. The molecule has 1 aliphatic rings. The molecule has 1 N–H and O–H groups in total. The molecule has 0 spiro atoms. The molecular formula is C13H15ClN6O. The maximum Gasteiger partial charge on any atom is 0.221 e. The lowest BCUT2D eigenvalue weighted by molar-refractivity contribution is 0.387. The maximum absolute atomic E-state index is 6.12. The summed E-state index contributed by atoms with van der Waals surface area (Å²) in [5, 5.41) is 3.46. The number of methoxy groups -OCH3 is 1. The number of nitrogens with zero attached hydrogens (tertiary/aromatic N) is 5. The Hall–Kier alpha value is -2.15. The summed E-state index contributed by atoms with van der Waals surface area (Å²) >= 11 is 6.12. The van der Waals surface area contributed by atoms with Crippen molar-refractivity contribution in [3.63, 3.8) is 0 Å². The molecule has 0 amide bonds. The van der Waals surface area contributed by atoms with Crippen LogP contribution in [-0.4, -0.2) is 40.6 Å². The molecule has 0 bridgehead atoms. The maximum atomic E-state index is 6.12. The molecule has 0 unspecified atom stereocenters. The highest BCUT2D eigenvalue weighted by molar-refractivity contribution is 6.32. The Morgan fingerprint density at radius 1 is 1.24 bits per heavy atom. The minimum Gasteiger partial charge on any atom is -0.481 e. The molecule has 1 aliphatic heterocycles. The molecule has 0 aliphatic carbocycles. The molecule has 0 radical (unpaired) electrons. The third-order valence-electron chi connectivity index (χ3n) is 3.49. The van der Waals surface area contributed by atoms with Crippen molar-refractivity contribution >= 4 is 23.1 Å².